The fourth-order valence-corrected chi connectivity index (χ4v) is 1.42. The van der Waals surface area contributed by atoms with Crippen molar-refractivity contribution in [3.05, 3.63) is 23.8 Å². The fourth-order valence-electron chi connectivity index (χ4n) is 1.42. The third-order valence-electron chi connectivity index (χ3n) is 2.31. The van der Waals surface area contributed by atoms with Gasteiger partial charge in [-0.3, -0.25) is 10.2 Å². The van der Waals surface area contributed by atoms with E-state index in [1.165, 1.54) is 7.11 Å². The number of amides is 1. The number of carbonyl (C=O) groups is 1. The Bertz CT molecular complexity index is 396. The van der Waals surface area contributed by atoms with E-state index >= 15 is 0 Å². The summed E-state index contributed by atoms with van der Waals surface area (Å²) in [7, 11) is 4.67. The van der Waals surface area contributed by atoms with Crippen molar-refractivity contribution >= 4 is 5.91 Å². The number of nitrogens with two attached hydrogens (primary N) is 1. The lowest BCUT2D eigenvalue weighted by molar-refractivity contribution is -0.123. The Balaban J connectivity index is 3.00. The van der Waals surface area contributed by atoms with Crippen LogP contribution in [-0.2, 0) is 4.79 Å². The molecule has 6 nitrogen and oxygen atoms in total. The zero-order valence-corrected chi connectivity index (χ0v) is 10.1. The van der Waals surface area contributed by atoms with Crippen molar-refractivity contribution in [3.63, 3.8) is 0 Å². The minimum absolute atomic E-state index is 0.337. The van der Waals surface area contributed by atoms with Gasteiger partial charge in [0.05, 0.1) is 14.2 Å². The fraction of sp³-hybridized carbons (Fsp3) is 0.364. The van der Waals surface area contributed by atoms with E-state index in [2.05, 4.69) is 10.9 Å². The van der Waals surface area contributed by atoms with Crippen LogP contribution in [0.15, 0.2) is 18.2 Å². The summed E-state index contributed by atoms with van der Waals surface area (Å²) in [5.74, 6) is 0.825. The summed E-state index contributed by atoms with van der Waals surface area (Å²) >= 11 is 0. The summed E-state index contributed by atoms with van der Waals surface area (Å²) in [5.41, 5.74) is 11.4. The number of methoxy groups -OCH3 is 2. The van der Waals surface area contributed by atoms with Crippen LogP contribution < -0.4 is 26.1 Å². The molecule has 0 aliphatic rings. The number of carbonyl (C=O) groups excluding carboxylic acids is 1. The number of rotatable bonds is 5. The molecule has 0 saturated carbocycles. The van der Waals surface area contributed by atoms with E-state index in [4.69, 9.17) is 15.2 Å². The number of hydrogen-bond acceptors (Lipinski definition) is 5. The van der Waals surface area contributed by atoms with E-state index in [9.17, 15) is 4.79 Å². The van der Waals surface area contributed by atoms with Gasteiger partial charge in [0.25, 0.3) is 5.91 Å². The molecule has 0 saturated heterocycles. The monoisotopic (exact) mass is 239 g/mol. The van der Waals surface area contributed by atoms with Crippen LogP contribution in [0.5, 0.6) is 11.5 Å². The molecule has 1 aromatic carbocycles. The Kier molecular flexibility index (Phi) is 4.74. The van der Waals surface area contributed by atoms with Crippen molar-refractivity contribution < 1.29 is 14.3 Å². The number of nitrogens with one attached hydrogen (secondary N) is 2. The van der Waals surface area contributed by atoms with Gasteiger partial charge in [-0.15, -0.1) is 0 Å². The minimum Gasteiger partial charge on any atom is -0.497 e. The first-order chi connectivity index (χ1) is 8.13. The minimum atomic E-state index is -0.802. The molecule has 4 N–H and O–H groups in total. The van der Waals surface area contributed by atoms with Crippen LogP contribution in [0.25, 0.3) is 0 Å². The number of ether oxygens (including phenoxy) is 2. The summed E-state index contributed by atoms with van der Waals surface area (Å²) in [6, 6.07) is 4.31. The molecule has 0 radical (unpaired) electrons. The molecule has 0 aliphatic carbocycles. The third kappa shape index (κ3) is 3.08. The SMILES string of the molecule is CNNC(=O)C(N)c1ccc(OC)cc1OC. The molecule has 1 amide bonds. The maximum Gasteiger partial charge on any atom is 0.255 e. The first kappa shape index (κ1) is 13.3. The van der Waals surface area contributed by atoms with Crippen LogP contribution in [0, 0.1) is 0 Å². The Labute approximate surface area is 100 Å². The third-order valence-corrected chi connectivity index (χ3v) is 2.31. The number of hydrazine groups is 1. The van der Waals surface area contributed by atoms with E-state index in [0.29, 0.717) is 17.1 Å². The highest BCUT2D eigenvalue weighted by molar-refractivity contribution is 5.83. The summed E-state index contributed by atoms with van der Waals surface area (Å²) in [6.07, 6.45) is 0. The molecular weight excluding hydrogens is 222 g/mol. The van der Waals surface area contributed by atoms with Crippen LogP contribution >= 0.6 is 0 Å². The molecule has 1 aromatic rings. The Hall–Kier alpha value is -1.79. The summed E-state index contributed by atoms with van der Waals surface area (Å²) in [5, 5.41) is 0. The lowest BCUT2D eigenvalue weighted by Gasteiger charge is -2.16. The van der Waals surface area contributed by atoms with Crippen molar-refractivity contribution in [1.82, 2.24) is 10.9 Å². The molecule has 94 valence electrons. The molecule has 0 aliphatic heterocycles. The van der Waals surface area contributed by atoms with Crippen LogP contribution in [0.1, 0.15) is 11.6 Å². The zero-order chi connectivity index (χ0) is 12.8. The van der Waals surface area contributed by atoms with E-state index in [1.807, 2.05) is 0 Å². The molecular formula is C11H17N3O3. The molecule has 0 spiro atoms. The van der Waals surface area contributed by atoms with Gasteiger partial charge in [-0.1, -0.05) is 0 Å². The molecule has 17 heavy (non-hydrogen) atoms. The van der Waals surface area contributed by atoms with E-state index in [1.54, 1.807) is 32.4 Å². The summed E-state index contributed by atoms with van der Waals surface area (Å²) in [4.78, 5) is 11.6. The van der Waals surface area contributed by atoms with Gasteiger partial charge in [0.15, 0.2) is 0 Å². The molecule has 0 aromatic heterocycles. The van der Waals surface area contributed by atoms with Crippen molar-refractivity contribution in [3.8, 4) is 11.5 Å². The molecule has 0 fully saturated rings. The molecule has 1 rings (SSSR count). The largest absolute Gasteiger partial charge is 0.497 e. The normalized spacial score (nSPS) is 11.8. The number of benzene rings is 1. The zero-order valence-electron chi connectivity index (χ0n) is 10.1. The van der Waals surface area contributed by atoms with Gasteiger partial charge in [0.1, 0.15) is 17.5 Å². The van der Waals surface area contributed by atoms with Crippen molar-refractivity contribution in [2.75, 3.05) is 21.3 Å². The average molecular weight is 239 g/mol. The first-order valence-electron chi connectivity index (χ1n) is 5.08. The van der Waals surface area contributed by atoms with Gasteiger partial charge in [-0.2, -0.15) is 0 Å². The van der Waals surface area contributed by atoms with Crippen molar-refractivity contribution in [1.29, 1.82) is 0 Å². The highest BCUT2D eigenvalue weighted by Crippen LogP contribution is 2.28. The highest BCUT2D eigenvalue weighted by atomic mass is 16.5. The Morgan fingerprint density at radius 2 is 2.06 bits per heavy atom. The van der Waals surface area contributed by atoms with Crippen molar-refractivity contribution in [2.45, 2.75) is 6.04 Å². The predicted molar refractivity (Wildman–Crippen MR) is 63.7 cm³/mol. The average Bonchev–Trinajstić information content (AvgIpc) is 2.37. The second-order valence-corrected chi connectivity index (χ2v) is 3.32. The predicted octanol–water partition coefficient (Wildman–Crippen LogP) is -0.0458. The molecule has 0 heterocycles. The van der Waals surface area contributed by atoms with Crippen LogP contribution in [-0.4, -0.2) is 27.2 Å². The Morgan fingerprint density at radius 3 is 2.59 bits per heavy atom. The smallest absolute Gasteiger partial charge is 0.255 e. The molecule has 1 unspecified atom stereocenters. The van der Waals surface area contributed by atoms with Crippen LogP contribution in [0.3, 0.4) is 0 Å². The van der Waals surface area contributed by atoms with Gasteiger partial charge in [-0.05, 0) is 12.1 Å². The van der Waals surface area contributed by atoms with Crippen molar-refractivity contribution in [2.24, 2.45) is 5.73 Å². The Morgan fingerprint density at radius 1 is 1.35 bits per heavy atom. The molecule has 0 bridgehead atoms. The summed E-state index contributed by atoms with van der Waals surface area (Å²) in [6.45, 7) is 0. The van der Waals surface area contributed by atoms with Gasteiger partial charge in [-0.25, -0.2) is 5.43 Å². The lowest BCUT2D eigenvalue weighted by Crippen LogP contribution is -2.40. The van der Waals surface area contributed by atoms with E-state index < -0.39 is 6.04 Å². The highest BCUT2D eigenvalue weighted by Gasteiger charge is 2.19. The lowest BCUT2D eigenvalue weighted by atomic mass is 10.1. The van der Waals surface area contributed by atoms with Crippen LogP contribution in [0.2, 0.25) is 0 Å². The topological polar surface area (TPSA) is 85.6 Å². The second-order valence-electron chi connectivity index (χ2n) is 3.32. The molecule has 6 heteroatoms. The maximum atomic E-state index is 11.6. The quantitative estimate of drug-likeness (QED) is 0.627. The van der Waals surface area contributed by atoms with Gasteiger partial charge < -0.3 is 15.2 Å². The van der Waals surface area contributed by atoms with Crippen LogP contribution in [0.4, 0.5) is 0 Å². The maximum absolute atomic E-state index is 11.6. The van der Waals surface area contributed by atoms with Gasteiger partial charge >= 0.3 is 0 Å². The van der Waals surface area contributed by atoms with Gasteiger partial charge in [0, 0.05) is 18.7 Å². The standard InChI is InChI=1S/C11H17N3O3/c1-13-14-11(15)10(12)8-5-4-7(16-2)6-9(8)17-3/h4-6,10,13H,12H2,1-3H3,(H,14,15). The second kappa shape index (κ2) is 6.07. The summed E-state index contributed by atoms with van der Waals surface area (Å²) < 4.78 is 10.2. The van der Waals surface area contributed by atoms with Gasteiger partial charge in [0.2, 0.25) is 0 Å². The molecule has 1 atom stereocenters. The first-order valence-corrected chi connectivity index (χ1v) is 5.08. The number of hydrogen-bond donors (Lipinski definition) is 3. The van der Waals surface area contributed by atoms with E-state index in [-0.39, 0.29) is 5.91 Å². The van der Waals surface area contributed by atoms with E-state index in [0.717, 1.165) is 0 Å².